The molecular weight excluding hydrogens is 443 g/mol. The zero-order valence-electron chi connectivity index (χ0n) is 20.7. The standard InChI is InChI=1S/C24H34N6O3.Na/c1-20(2)16-23(18-28(3)25-31)30(27-33)19-24(17-22-12-8-5-9-13-22)29(26-32)15-14-21-10-6-4-7-11-21;/h4-13,20,23-24H,14-19H2,1-3H3;/t23-,24-;/m0./s1. The van der Waals surface area contributed by atoms with E-state index in [-0.39, 0.29) is 60.6 Å². The summed E-state index contributed by atoms with van der Waals surface area (Å²) in [5.41, 5.74) is 2.14. The smallest absolute Gasteiger partial charge is 0.0735 e. The predicted molar refractivity (Wildman–Crippen MR) is 137 cm³/mol. The van der Waals surface area contributed by atoms with Crippen LogP contribution in [-0.4, -0.2) is 83.3 Å². The molecule has 2 atom stereocenters. The molecule has 0 amide bonds. The zero-order valence-corrected chi connectivity index (χ0v) is 22.7. The van der Waals surface area contributed by atoms with Crippen molar-refractivity contribution in [3.8, 4) is 0 Å². The minimum absolute atomic E-state index is 0. The summed E-state index contributed by atoms with van der Waals surface area (Å²) in [6.45, 7) is 4.99. The van der Waals surface area contributed by atoms with E-state index in [2.05, 4.69) is 15.9 Å². The van der Waals surface area contributed by atoms with Crippen LogP contribution in [0.15, 0.2) is 76.5 Å². The van der Waals surface area contributed by atoms with Crippen LogP contribution in [0.25, 0.3) is 0 Å². The Hall–Kier alpha value is -2.36. The normalized spacial score (nSPS) is 12.2. The monoisotopic (exact) mass is 477 g/mol. The van der Waals surface area contributed by atoms with Crippen molar-refractivity contribution in [3.63, 3.8) is 0 Å². The molecule has 0 aromatic heterocycles. The number of nitrogens with zero attached hydrogens (tertiary/aromatic N) is 6. The number of hydrogen-bond acceptors (Lipinski definition) is 6. The Morgan fingerprint density at radius 3 is 1.79 bits per heavy atom. The van der Waals surface area contributed by atoms with Crippen molar-refractivity contribution in [2.24, 2.45) is 21.8 Å². The third-order valence-electron chi connectivity index (χ3n) is 5.59. The first-order valence-corrected chi connectivity index (χ1v) is 11.3. The van der Waals surface area contributed by atoms with Crippen LogP contribution in [0.1, 0.15) is 31.4 Å². The summed E-state index contributed by atoms with van der Waals surface area (Å²) in [5, 5.41) is 13.8. The molecule has 2 aromatic rings. The van der Waals surface area contributed by atoms with Gasteiger partial charge >= 0.3 is 0 Å². The summed E-state index contributed by atoms with van der Waals surface area (Å²) < 4.78 is 0. The molecule has 0 saturated carbocycles. The van der Waals surface area contributed by atoms with Gasteiger partial charge in [0.15, 0.2) is 0 Å². The first kappa shape index (κ1) is 29.7. The van der Waals surface area contributed by atoms with E-state index in [9.17, 15) is 14.7 Å². The van der Waals surface area contributed by atoms with Crippen molar-refractivity contribution < 1.29 is 0 Å². The van der Waals surface area contributed by atoms with Gasteiger partial charge in [0.05, 0.1) is 41.0 Å². The molecule has 0 unspecified atom stereocenters. The maximum Gasteiger partial charge on any atom is 0.0735 e. The Morgan fingerprint density at radius 1 is 0.735 bits per heavy atom. The topological polar surface area (TPSA) is 98.0 Å². The van der Waals surface area contributed by atoms with Gasteiger partial charge in [0, 0.05) is 43.1 Å². The van der Waals surface area contributed by atoms with E-state index >= 15 is 0 Å². The fourth-order valence-electron chi connectivity index (χ4n) is 3.97. The molecule has 0 heterocycles. The van der Waals surface area contributed by atoms with Gasteiger partial charge in [0.2, 0.25) is 0 Å². The molecule has 0 fully saturated rings. The average molecular weight is 478 g/mol. The summed E-state index contributed by atoms with van der Waals surface area (Å²) in [6.07, 6.45) is 1.84. The number of benzene rings is 2. The zero-order chi connectivity index (χ0) is 24.1. The number of nitroso groups, excluding NO2 is 3. The van der Waals surface area contributed by atoms with Crippen molar-refractivity contribution in [2.75, 3.05) is 26.7 Å². The van der Waals surface area contributed by atoms with Crippen LogP contribution in [0.4, 0.5) is 0 Å². The Balaban J connectivity index is 0.00000578. The van der Waals surface area contributed by atoms with Crippen LogP contribution in [0.5, 0.6) is 0 Å². The van der Waals surface area contributed by atoms with Crippen LogP contribution in [0.2, 0.25) is 0 Å². The molecule has 0 saturated heterocycles. The molecule has 0 aliphatic carbocycles. The number of likely N-dealkylation sites (N-methyl/N-ethyl adjacent to an activating group) is 1. The van der Waals surface area contributed by atoms with Gasteiger partial charge in [-0.05, 0) is 36.3 Å². The van der Waals surface area contributed by atoms with Gasteiger partial charge < -0.3 is 0 Å². The summed E-state index contributed by atoms with van der Waals surface area (Å²) in [4.78, 5) is 34.7. The molecule has 34 heavy (non-hydrogen) atoms. The Labute approximate surface area is 224 Å². The van der Waals surface area contributed by atoms with Crippen LogP contribution < -0.4 is 0 Å². The van der Waals surface area contributed by atoms with Crippen LogP contribution in [-0.2, 0) is 12.8 Å². The van der Waals surface area contributed by atoms with E-state index in [4.69, 9.17) is 0 Å². The summed E-state index contributed by atoms with van der Waals surface area (Å²) >= 11 is 0. The van der Waals surface area contributed by atoms with E-state index in [0.717, 1.165) is 11.1 Å². The average Bonchev–Trinajstić information content (AvgIpc) is 2.83. The minimum Gasteiger partial charge on any atom is -0.262 e. The molecule has 10 heteroatoms. The molecule has 0 aliphatic rings. The van der Waals surface area contributed by atoms with Crippen molar-refractivity contribution >= 4 is 29.6 Å². The van der Waals surface area contributed by atoms with E-state index in [1.807, 2.05) is 74.5 Å². The molecule has 9 nitrogen and oxygen atoms in total. The van der Waals surface area contributed by atoms with E-state index in [1.165, 1.54) is 15.0 Å². The first-order valence-electron chi connectivity index (χ1n) is 11.3. The molecule has 2 aromatic carbocycles. The first-order chi connectivity index (χ1) is 16.0. The molecule has 0 N–H and O–H groups in total. The van der Waals surface area contributed by atoms with Gasteiger partial charge in [-0.25, -0.2) is 0 Å². The molecule has 0 bridgehead atoms. The quantitative estimate of drug-likeness (QED) is 0.201. The van der Waals surface area contributed by atoms with Gasteiger partial charge in [0.1, 0.15) is 0 Å². The fraction of sp³-hybridized carbons (Fsp3) is 0.500. The SMILES string of the molecule is CC(C)C[C@@H](CN(C)N=O)N(C[C@H](Cc1ccccc1)N(CCc1ccccc1)N=O)N=O.[Na]. The molecule has 0 spiro atoms. The largest absolute Gasteiger partial charge is 0.262 e. The van der Waals surface area contributed by atoms with Crippen LogP contribution in [0, 0.1) is 20.6 Å². The van der Waals surface area contributed by atoms with Crippen molar-refractivity contribution in [2.45, 2.75) is 45.2 Å². The van der Waals surface area contributed by atoms with E-state index in [1.54, 1.807) is 7.05 Å². The van der Waals surface area contributed by atoms with Gasteiger partial charge in [-0.1, -0.05) is 74.5 Å². The summed E-state index contributed by atoms with van der Waals surface area (Å²) in [6, 6.07) is 19.0. The second-order valence-electron chi connectivity index (χ2n) is 8.73. The third kappa shape index (κ3) is 10.3. The Kier molecular flexibility index (Phi) is 14.2. The van der Waals surface area contributed by atoms with Crippen LogP contribution >= 0.6 is 0 Å². The maximum absolute atomic E-state index is 11.9. The number of hydrogen-bond donors (Lipinski definition) is 0. The van der Waals surface area contributed by atoms with Crippen molar-refractivity contribution in [1.82, 2.24) is 15.0 Å². The fourth-order valence-corrected chi connectivity index (χ4v) is 3.97. The molecule has 179 valence electrons. The molecule has 0 aliphatic heterocycles. The second-order valence-corrected chi connectivity index (χ2v) is 8.73. The van der Waals surface area contributed by atoms with Crippen molar-refractivity contribution in [1.29, 1.82) is 0 Å². The Bertz CT molecular complexity index is 843. The predicted octanol–water partition coefficient (Wildman–Crippen LogP) is 4.45. The van der Waals surface area contributed by atoms with E-state index < -0.39 is 0 Å². The minimum atomic E-state index is -0.365. The van der Waals surface area contributed by atoms with Gasteiger partial charge in [-0.15, -0.1) is 14.7 Å². The van der Waals surface area contributed by atoms with Gasteiger partial charge in [-0.3, -0.25) is 15.0 Å². The van der Waals surface area contributed by atoms with E-state index in [0.29, 0.717) is 25.8 Å². The number of rotatable bonds is 16. The molecular formula is C24H34N6NaO3. The Morgan fingerprint density at radius 2 is 1.29 bits per heavy atom. The second kappa shape index (κ2) is 16.3. The third-order valence-corrected chi connectivity index (χ3v) is 5.59. The molecule has 1 radical (unpaired) electrons. The van der Waals surface area contributed by atoms with Gasteiger partial charge in [0.25, 0.3) is 0 Å². The van der Waals surface area contributed by atoms with Gasteiger partial charge in [-0.2, -0.15) is 0 Å². The summed E-state index contributed by atoms with van der Waals surface area (Å²) in [7, 11) is 1.57. The van der Waals surface area contributed by atoms with Crippen molar-refractivity contribution in [3.05, 3.63) is 86.5 Å². The summed E-state index contributed by atoms with van der Waals surface area (Å²) in [5.74, 6) is 0.283. The molecule has 2 rings (SSSR count). The van der Waals surface area contributed by atoms with Crippen LogP contribution in [0.3, 0.4) is 0 Å². The maximum atomic E-state index is 11.9.